The largest absolute Gasteiger partial charge is 0.489 e. The molecule has 2 aromatic carbocycles. The first-order valence-corrected chi connectivity index (χ1v) is 7.73. The highest BCUT2D eigenvalue weighted by molar-refractivity contribution is 9.10. The van der Waals surface area contributed by atoms with Gasteiger partial charge in [0.05, 0.1) is 0 Å². The predicted molar refractivity (Wildman–Crippen MR) is 92.6 cm³/mol. The highest BCUT2D eigenvalue weighted by Crippen LogP contribution is 2.18. The van der Waals surface area contributed by atoms with E-state index in [-0.39, 0.29) is 6.01 Å². The van der Waals surface area contributed by atoms with Crippen LogP contribution in [0.15, 0.2) is 57.4 Å². The van der Waals surface area contributed by atoms with Gasteiger partial charge in [-0.2, -0.15) is 0 Å². The van der Waals surface area contributed by atoms with E-state index in [9.17, 15) is 0 Å². The van der Waals surface area contributed by atoms with Gasteiger partial charge in [-0.25, -0.2) is 0 Å². The molecule has 1 aromatic heterocycles. The number of halogens is 1. The van der Waals surface area contributed by atoms with Gasteiger partial charge in [-0.15, -0.1) is 5.10 Å². The lowest BCUT2D eigenvalue weighted by molar-refractivity contribution is 0.306. The summed E-state index contributed by atoms with van der Waals surface area (Å²) in [7, 11) is 0. The zero-order valence-corrected chi connectivity index (χ0v) is 13.7. The lowest BCUT2D eigenvalue weighted by Crippen LogP contribution is -1.95. The maximum absolute atomic E-state index is 5.81. The first-order chi connectivity index (χ1) is 11.2. The van der Waals surface area contributed by atoms with Crippen LogP contribution in [0.2, 0.25) is 0 Å². The van der Waals surface area contributed by atoms with Crippen molar-refractivity contribution in [1.29, 1.82) is 0 Å². The number of benzene rings is 2. The van der Waals surface area contributed by atoms with E-state index >= 15 is 0 Å². The van der Waals surface area contributed by atoms with Crippen LogP contribution in [0.1, 0.15) is 17.0 Å². The number of hydrogen-bond acceptors (Lipinski definition) is 5. The molecule has 0 fully saturated rings. The fraction of sp³-hybridized carbons (Fsp3) is 0.0588. The second kappa shape index (κ2) is 7.11. The Morgan fingerprint density at radius 1 is 1.09 bits per heavy atom. The molecule has 5 nitrogen and oxygen atoms in total. The van der Waals surface area contributed by atoms with Gasteiger partial charge < -0.3 is 14.9 Å². The third kappa shape index (κ3) is 4.43. The van der Waals surface area contributed by atoms with Crippen molar-refractivity contribution < 1.29 is 9.15 Å². The van der Waals surface area contributed by atoms with E-state index in [4.69, 9.17) is 14.9 Å². The van der Waals surface area contributed by atoms with Crippen LogP contribution in [0.4, 0.5) is 6.01 Å². The van der Waals surface area contributed by atoms with Crippen molar-refractivity contribution in [2.45, 2.75) is 6.61 Å². The van der Waals surface area contributed by atoms with Gasteiger partial charge in [0.2, 0.25) is 5.89 Å². The summed E-state index contributed by atoms with van der Waals surface area (Å²) >= 11 is 3.42. The molecule has 0 aliphatic carbocycles. The van der Waals surface area contributed by atoms with Gasteiger partial charge in [-0.1, -0.05) is 45.3 Å². The van der Waals surface area contributed by atoms with Crippen LogP contribution in [-0.2, 0) is 6.61 Å². The molecule has 3 rings (SSSR count). The van der Waals surface area contributed by atoms with E-state index in [1.807, 2.05) is 54.6 Å². The number of rotatable bonds is 5. The van der Waals surface area contributed by atoms with Crippen molar-refractivity contribution in [2.24, 2.45) is 0 Å². The summed E-state index contributed by atoms with van der Waals surface area (Å²) in [5.41, 5.74) is 7.45. The average molecular weight is 372 g/mol. The molecule has 6 heteroatoms. The molecule has 3 aromatic rings. The Balaban J connectivity index is 1.65. The van der Waals surface area contributed by atoms with Crippen LogP contribution in [0, 0.1) is 0 Å². The number of nitrogens with two attached hydrogens (primary N) is 1. The zero-order valence-electron chi connectivity index (χ0n) is 12.1. The maximum atomic E-state index is 5.81. The average Bonchev–Trinajstić information content (AvgIpc) is 2.98. The third-order valence-corrected chi connectivity index (χ3v) is 3.58. The van der Waals surface area contributed by atoms with Gasteiger partial charge in [0.25, 0.3) is 0 Å². The van der Waals surface area contributed by atoms with Crippen LogP contribution >= 0.6 is 15.9 Å². The van der Waals surface area contributed by atoms with Gasteiger partial charge in [0.1, 0.15) is 12.4 Å². The number of ether oxygens (including phenoxy) is 1. The second-order valence-corrected chi connectivity index (χ2v) is 5.72. The minimum atomic E-state index is 0.0521. The Hall–Kier alpha value is -2.60. The van der Waals surface area contributed by atoms with Crippen LogP contribution in [-0.4, -0.2) is 10.2 Å². The summed E-state index contributed by atoms with van der Waals surface area (Å²) in [5.74, 6) is 1.16. The Kier molecular flexibility index (Phi) is 4.73. The topological polar surface area (TPSA) is 74.2 Å². The van der Waals surface area contributed by atoms with E-state index in [0.717, 1.165) is 21.3 Å². The first kappa shape index (κ1) is 15.3. The molecule has 0 aliphatic heterocycles. The van der Waals surface area contributed by atoms with E-state index in [2.05, 4.69) is 26.1 Å². The Labute approximate surface area is 141 Å². The molecule has 0 saturated heterocycles. The monoisotopic (exact) mass is 371 g/mol. The summed E-state index contributed by atoms with van der Waals surface area (Å²) in [6, 6.07) is 15.8. The van der Waals surface area contributed by atoms with Crippen molar-refractivity contribution in [3.8, 4) is 5.75 Å². The maximum Gasteiger partial charge on any atom is 0.313 e. The molecular weight excluding hydrogens is 358 g/mol. The van der Waals surface area contributed by atoms with Crippen LogP contribution in [0.5, 0.6) is 5.75 Å². The van der Waals surface area contributed by atoms with Crippen LogP contribution < -0.4 is 10.5 Å². The lowest BCUT2D eigenvalue weighted by atomic mass is 10.2. The van der Waals surface area contributed by atoms with Crippen molar-refractivity contribution in [3.63, 3.8) is 0 Å². The molecule has 0 unspecified atom stereocenters. The second-order valence-electron chi connectivity index (χ2n) is 4.80. The molecule has 0 aliphatic rings. The summed E-state index contributed by atoms with van der Waals surface area (Å²) in [6.45, 7) is 0.515. The highest BCUT2D eigenvalue weighted by Gasteiger charge is 1.99. The van der Waals surface area contributed by atoms with Gasteiger partial charge in [0.15, 0.2) is 0 Å². The van der Waals surface area contributed by atoms with E-state index in [1.54, 1.807) is 6.08 Å². The summed E-state index contributed by atoms with van der Waals surface area (Å²) in [5, 5.41) is 7.37. The molecule has 0 amide bonds. The number of aromatic nitrogens is 2. The standard InChI is InChI=1S/C17H14BrN3O2/c18-14-7-4-13(5-8-14)11-22-15-3-1-2-12(10-15)6-9-16-20-21-17(19)23-16/h1-10H,11H2,(H2,19,21)/b9-6+. The zero-order chi connectivity index (χ0) is 16.1. The molecule has 0 atom stereocenters. The van der Waals surface area contributed by atoms with Gasteiger partial charge in [0, 0.05) is 10.5 Å². The molecular formula is C17H14BrN3O2. The van der Waals surface area contributed by atoms with Crippen molar-refractivity contribution in [2.75, 3.05) is 5.73 Å². The minimum absolute atomic E-state index is 0.0521. The van der Waals surface area contributed by atoms with Crippen molar-refractivity contribution in [1.82, 2.24) is 10.2 Å². The van der Waals surface area contributed by atoms with Gasteiger partial charge >= 0.3 is 6.01 Å². The fourth-order valence-corrected chi connectivity index (χ4v) is 2.20. The molecule has 0 radical (unpaired) electrons. The lowest BCUT2D eigenvalue weighted by Gasteiger charge is -2.07. The molecule has 2 N–H and O–H groups in total. The summed E-state index contributed by atoms with van der Waals surface area (Å²) in [4.78, 5) is 0. The predicted octanol–water partition coefficient (Wildman–Crippen LogP) is 4.16. The number of nitrogen functional groups attached to an aromatic ring is 1. The third-order valence-electron chi connectivity index (χ3n) is 3.05. The van der Waals surface area contributed by atoms with Crippen LogP contribution in [0.3, 0.4) is 0 Å². The summed E-state index contributed by atoms with van der Waals surface area (Å²) < 4.78 is 11.9. The molecule has 0 saturated carbocycles. The van der Waals surface area contributed by atoms with Crippen molar-refractivity contribution >= 4 is 34.1 Å². The number of anilines is 1. The normalized spacial score (nSPS) is 11.0. The van der Waals surface area contributed by atoms with E-state index in [1.165, 1.54) is 0 Å². The quantitative estimate of drug-likeness (QED) is 0.728. The molecule has 23 heavy (non-hydrogen) atoms. The molecule has 0 bridgehead atoms. The van der Waals surface area contributed by atoms with Gasteiger partial charge in [-0.05, 0) is 41.5 Å². The minimum Gasteiger partial charge on any atom is -0.489 e. The van der Waals surface area contributed by atoms with Crippen molar-refractivity contribution in [3.05, 3.63) is 70.0 Å². The van der Waals surface area contributed by atoms with E-state index in [0.29, 0.717) is 12.5 Å². The SMILES string of the molecule is Nc1nnc(/C=C/c2cccc(OCc3ccc(Br)cc3)c2)o1. The fourth-order valence-electron chi connectivity index (χ4n) is 1.94. The van der Waals surface area contributed by atoms with Crippen LogP contribution in [0.25, 0.3) is 12.2 Å². The summed E-state index contributed by atoms with van der Waals surface area (Å²) in [6.07, 6.45) is 3.57. The molecule has 1 heterocycles. The smallest absolute Gasteiger partial charge is 0.313 e. The molecule has 116 valence electrons. The van der Waals surface area contributed by atoms with E-state index < -0.39 is 0 Å². The first-order valence-electron chi connectivity index (χ1n) is 6.93. The Morgan fingerprint density at radius 2 is 1.91 bits per heavy atom. The highest BCUT2D eigenvalue weighted by atomic mass is 79.9. The number of hydrogen-bond donors (Lipinski definition) is 1. The Morgan fingerprint density at radius 3 is 2.65 bits per heavy atom. The number of nitrogens with zero attached hydrogens (tertiary/aromatic N) is 2. The Bertz CT molecular complexity index is 813. The van der Waals surface area contributed by atoms with Gasteiger partial charge in [-0.3, -0.25) is 0 Å². The molecule has 0 spiro atoms.